The van der Waals surface area contributed by atoms with Crippen LogP contribution in [-0.2, 0) is 11.8 Å². The van der Waals surface area contributed by atoms with Gasteiger partial charge in [-0.05, 0) is 23.6 Å². The molecule has 1 aromatic carbocycles. The fourth-order valence-electron chi connectivity index (χ4n) is 1.16. The summed E-state index contributed by atoms with van der Waals surface area (Å²) >= 11 is 3.42. The molecule has 0 unspecified atom stereocenters. The molecule has 0 aromatic heterocycles. The van der Waals surface area contributed by atoms with Gasteiger partial charge < -0.3 is 5.43 Å². The predicted molar refractivity (Wildman–Crippen MR) is 56.3 cm³/mol. The predicted octanol–water partition coefficient (Wildman–Crippen LogP) is 2.43. The maximum atomic E-state index is 5.36. The Morgan fingerprint density at radius 3 is 2.75 bits per heavy atom. The minimum absolute atomic E-state index is 0.894. The van der Waals surface area contributed by atoms with E-state index in [1.807, 2.05) is 6.07 Å². The number of halogens is 1. The Morgan fingerprint density at radius 1 is 1.50 bits per heavy atom. The quantitative estimate of drug-likeness (QED) is 0.474. The van der Waals surface area contributed by atoms with E-state index in [9.17, 15) is 0 Å². The van der Waals surface area contributed by atoms with E-state index in [1.165, 1.54) is 11.1 Å². The zero-order chi connectivity index (χ0) is 8.97. The van der Waals surface area contributed by atoms with Gasteiger partial charge in [0, 0.05) is 5.33 Å². The number of alkyl halides is 1. The van der Waals surface area contributed by atoms with Gasteiger partial charge in [-0.15, -0.1) is 0 Å². The number of hydrazine groups is 1. The van der Waals surface area contributed by atoms with E-state index in [2.05, 4.69) is 40.4 Å². The number of nitrogens with two attached hydrogens (primary N) is 1. The first-order chi connectivity index (χ1) is 5.81. The molecule has 0 amide bonds. The second-order valence-corrected chi connectivity index (χ2v) is 3.18. The van der Waals surface area contributed by atoms with Crippen LogP contribution >= 0.6 is 15.9 Å². The molecule has 0 saturated carbocycles. The summed E-state index contributed by atoms with van der Waals surface area (Å²) in [6.07, 6.45) is 1.00. The van der Waals surface area contributed by atoms with E-state index in [0.29, 0.717) is 0 Å². The van der Waals surface area contributed by atoms with Gasteiger partial charge in [-0.1, -0.05) is 35.0 Å². The lowest BCUT2D eigenvalue weighted by molar-refractivity contribution is 1.12. The van der Waals surface area contributed by atoms with E-state index in [0.717, 1.165) is 17.4 Å². The summed E-state index contributed by atoms with van der Waals surface area (Å²) in [5.74, 6) is 5.36. The third kappa shape index (κ3) is 1.99. The number of nitrogens with one attached hydrogen (secondary N) is 1. The molecule has 2 nitrogen and oxygen atoms in total. The van der Waals surface area contributed by atoms with E-state index < -0.39 is 0 Å². The summed E-state index contributed by atoms with van der Waals surface area (Å²) < 4.78 is 0. The molecule has 0 aliphatic heterocycles. The van der Waals surface area contributed by atoms with Gasteiger partial charge in [-0.3, -0.25) is 5.84 Å². The third-order valence-electron chi connectivity index (χ3n) is 1.86. The van der Waals surface area contributed by atoms with E-state index >= 15 is 0 Å². The van der Waals surface area contributed by atoms with Crippen molar-refractivity contribution in [3.63, 3.8) is 0 Å². The largest absolute Gasteiger partial charge is 0.324 e. The van der Waals surface area contributed by atoms with Crippen molar-refractivity contribution in [1.29, 1.82) is 0 Å². The van der Waals surface area contributed by atoms with Crippen LogP contribution in [0.25, 0.3) is 0 Å². The first-order valence-electron chi connectivity index (χ1n) is 3.96. The second-order valence-electron chi connectivity index (χ2n) is 2.62. The van der Waals surface area contributed by atoms with Crippen molar-refractivity contribution in [2.24, 2.45) is 5.84 Å². The Bertz CT molecular complexity index is 261. The second kappa shape index (κ2) is 4.48. The summed E-state index contributed by atoms with van der Waals surface area (Å²) in [6.45, 7) is 2.12. The van der Waals surface area contributed by atoms with Crippen molar-refractivity contribution in [2.45, 2.75) is 18.7 Å². The number of anilines is 1. The maximum absolute atomic E-state index is 5.36. The van der Waals surface area contributed by atoms with Crippen LogP contribution in [0.5, 0.6) is 0 Å². The van der Waals surface area contributed by atoms with Crippen LogP contribution in [0.1, 0.15) is 18.1 Å². The van der Waals surface area contributed by atoms with Gasteiger partial charge in [0.15, 0.2) is 0 Å². The Balaban J connectivity index is 3.02. The van der Waals surface area contributed by atoms with Crippen molar-refractivity contribution in [3.8, 4) is 0 Å². The Hall–Kier alpha value is -0.540. The topological polar surface area (TPSA) is 38.0 Å². The highest BCUT2D eigenvalue weighted by Crippen LogP contribution is 2.18. The minimum atomic E-state index is 0.894. The molecule has 0 saturated heterocycles. The molecular formula is C9H13BrN2. The molecule has 0 radical (unpaired) electrons. The average Bonchev–Trinajstić information content (AvgIpc) is 2.16. The molecule has 3 N–H and O–H groups in total. The van der Waals surface area contributed by atoms with Crippen LogP contribution in [0.4, 0.5) is 5.69 Å². The SMILES string of the molecule is CCc1cc(CBr)ccc1NN. The van der Waals surface area contributed by atoms with Gasteiger partial charge in [0.1, 0.15) is 0 Å². The monoisotopic (exact) mass is 228 g/mol. The summed E-state index contributed by atoms with van der Waals surface area (Å²) in [6, 6.07) is 6.22. The first kappa shape index (κ1) is 9.55. The van der Waals surface area contributed by atoms with Gasteiger partial charge in [-0.25, -0.2) is 0 Å². The molecule has 0 bridgehead atoms. The van der Waals surface area contributed by atoms with Crippen molar-refractivity contribution in [2.75, 3.05) is 5.43 Å². The molecule has 66 valence electrons. The minimum Gasteiger partial charge on any atom is -0.324 e. The number of hydrogen-bond donors (Lipinski definition) is 2. The van der Waals surface area contributed by atoms with Crippen LogP contribution in [-0.4, -0.2) is 0 Å². The molecule has 0 fully saturated rings. The molecule has 0 heterocycles. The van der Waals surface area contributed by atoms with E-state index in [-0.39, 0.29) is 0 Å². The van der Waals surface area contributed by atoms with Gasteiger partial charge in [0.05, 0.1) is 5.69 Å². The van der Waals surface area contributed by atoms with Gasteiger partial charge >= 0.3 is 0 Å². The van der Waals surface area contributed by atoms with E-state index in [1.54, 1.807) is 0 Å². The molecule has 1 rings (SSSR count). The lowest BCUT2D eigenvalue weighted by Crippen LogP contribution is -2.09. The Morgan fingerprint density at radius 2 is 2.25 bits per heavy atom. The number of benzene rings is 1. The average molecular weight is 229 g/mol. The molecule has 12 heavy (non-hydrogen) atoms. The number of aryl methyl sites for hydroxylation is 1. The van der Waals surface area contributed by atoms with Crippen LogP contribution in [0.2, 0.25) is 0 Å². The standard InChI is InChI=1S/C9H13BrN2/c1-2-8-5-7(6-10)3-4-9(8)12-11/h3-5,12H,2,6,11H2,1H3. The molecule has 0 aliphatic carbocycles. The van der Waals surface area contributed by atoms with Gasteiger partial charge in [0.25, 0.3) is 0 Å². The lowest BCUT2D eigenvalue weighted by atomic mass is 10.1. The number of hydrogen-bond acceptors (Lipinski definition) is 2. The third-order valence-corrected chi connectivity index (χ3v) is 2.51. The fraction of sp³-hybridized carbons (Fsp3) is 0.333. The van der Waals surface area contributed by atoms with Crippen LogP contribution in [0, 0.1) is 0 Å². The van der Waals surface area contributed by atoms with Crippen LogP contribution in [0.3, 0.4) is 0 Å². The summed E-state index contributed by atoms with van der Waals surface area (Å²) in [5.41, 5.74) is 6.24. The van der Waals surface area contributed by atoms with Crippen molar-refractivity contribution in [1.82, 2.24) is 0 Å². The van der Waals surface area contributed by atoms with E-state index in [4.69, 9.17) is 5.84 Å². The molecule has 0 aliphatic rings. The Kier molecular flexibility index (Phi) is 3.56. The molecule has 0 atom stereocenters. The molecule has 1 aromatic rings. The zero-order valence-electron chi connectivity index (χ0n) is 7.10. The summed E-state index contributed by atoms with van der Waals surface area (Å²) in [5, 5.41) is 0.894. The molecule has 0 spiro atoms. The highest BCUT2D eigenvalue weighted by atomic mass is 79.9. The highest BCUT2D eigenvalue weighted by Gasteiger charge is 1.99. The highest BCUT2D eigenvalue weighted by molar-refractivity contribution is 9.08. The van der Waals surface area contributed by atoms with Gasteiger partial charge in [-0.2, -0.15) is 0 Å². The summed E-state index contributed by atoms with van der Waals surface area (Å²) in [4.78, 5) is 0. The molecular weight excluding hydrogens is 216 g/mol. The smallest absolute Gasteiger partial charge is 0.0517 e. The number of nitrogen functional groups attached to an aromatic ring is 1. The van der Waals surface area contributed by atoms with Gasteiger partial charge in [0.2, 0.25) is 0 Å². The first-order valence-corrected chi connectivity index (χ1v) is 5.08. The fourth-order valence-corrected chi connectivity index (χ4v) is 1.51. The van der Waals surface area contributed by atoms with Crippen molar-refractivity contribution in [3.05, 3.63) is 29.3 Å². The lowest BCUT2D eigenvalue weighted by Gasteiger charge is -2.07. The van der Waals surface area contributed by atoms with Crippen molar-refractivity contribution >= 4 is 21.6 Å². The number of rotatable bonds is 3. The zero-order valence-corrected chi connectivity index (χ0v) is 8.69. The molecule has 3 heteroatoms. The van der Waals surface area contributed by atoms with Crippen LogP contribution < -0.4 is 11.3 Å². The van der Waals surface area contributed by atoms with Crippen LogP contribution in [0.15, 0.2) is 18.2 Å². The van der Waals surface area contributed by atoms with Crippen molar-refractivity contribution < 1.29 is 0 Å². The Labute approximate surface area is 81.3 Å². The normalized spacial score (nSPS) is 9.92. The summed E-state index contributed by atoms with van der Waals surface area (Å²) in [7, 11) is 0. The maximum Gasteiger partial charge on any atom is 0.0517 e.